The molecule has 7 heteroatoms. The molecule has 1 aliphatic rings. The minimum absolute atomic E-state index is 0.889. The van der Waals surface area contributed by atoms with Gasteiger partial charge in [-0.1, -0.05) is 0 Å². The average molecular weight is 245 g/mol. The lowest BCUT2D eigenvalue weighted by atomic mass is 9.30. The smallest absolute Gasteiger partial charge is 0.335 e. The summed E-state index contributed by atoms with van der Waals surface area (Å²) in [6.07, 6.45) is 0.0275. The van der Waals surface area contributed by atoms with E-state index in [1.54, 1.807) is 7.11 Å². The molecule has 0 radical (unpaired) electrons. The van der Waals surface area contributed by atoms with Crippen molar-refractivity contribution < 1.29 is 9.22 Å². The van der Waals surface area contributed by atoms with Crippen molar-refractivity contribution in [2.24, 2.45) is 0 Å². The fourth-order valence-corrected chi connectivity index (χ4v) is 1.71. The molecule has 0 aromatic carbocycles. The van der Waals surface area contributed by atoms with E-state index in [4.69, 9.17) is 25.8 Å². The molecule has 0 N–H and O–H groups in total. The van der Waals surface area contributed by atoms with Crippen molar-refractivity contribution in [2.45, 2.75) is 12.8 Å². The largest absolute Gasteiger partial charge is 0.383 e. The molecule has 0 unspecified atom stereocenters. The lowest BCUT2D eigenvalue weighted by Crippen LogP contribution is -2.42. The maximum atomic E-state index is 8.09. The first-order chi connectivity index (χ1) is 8.51. The van der Waals surface area contributed by atoms with Crippen LogP contribution in [0.5, 0.6) is 0 Å². The summed E-state index contributed by atoms with van der Waals surface area (Å²) in [4.78, 5) is 0. The summed E-state index contributed by atoms with van der Waals surface area (Å²) in [7, 11) is 4.04. The van der Waals surface area contributed by atoms with Gasteiger partial charge in [-0.2, -0.15) is 0 Å². The van der Waals surface area contributed by atoms with E-state index in [9.17, 15) is 0 Å². The van der Waals surface area contributed by atoms with Crippen LogP contribution in [0.1, 0.15) is 12.8 Å². The van der Waals surface area contributed by atoms with Crippen molar-refractivity contribution in [3.05, 3.63) is 0 Å². The van der Waals surface area contributed by atoms with Gasteiger partial charge in [0.1, 0.15) is 0 Å². The van der Waals surface area contributed by atoms with Crippen LogP contribution in [0, 0.1) is 44.9 Å². The van der Waals surface area contributed by atoms with Crippen LogP contribution in [0.4, 0.5) is 0 Å². The van der Waals surface area contributed by atoms with Gasteiger partial charge in [-0.15, -0.1) is 23.9 Å². The highest BCUT2D eigenvalue weighted by atomic mass is 16.5. The molecule has 1 fully saturated rings. The van der Waals surface area contributed by atoms with Gasteiger partial charge in [0.15, 0.2) is 6.73 Å². The number of methoxy groups -OCH3 is 1. The topological polar surface area (TPSA) is 104 Å². The lowest BCUT2D eigenvalue weighted by Gasteiger charge is -2.27. The highest BCUT2D eigenvalue weighted by Gasteiger charge is 2.25. The van der Waals surface area contributed by atoms with Gasteiger partial charge in [-0.3, -0.25) is 0 Å². The number of hydrogen-bond donors (Lipinski definition) is 0. The molecule has 0 atom stereocenters. The first-order valence-corrected chi connectivity index (χ1v) is 5.64. The van der Waals surface area contributed by atoms with Crippen molar-refractivity contribution in [2.75, 3.05) is 34.0 Å². The molecule has 0 saturated carbocycles. The minimum Gasteiger partial charge on any atom is -0.335 e. The Balaban J connectivity index is 0.000000321. The van der Waals surface area contributed by atoms with Crippen LogP contribution in [0.25, 0.3) is 0 Å². The van der Waals surface area contributed by atoms with E-state index < -0.39 is 6.15 Å². The zero-order valence-electron chi connectivity index (χ0n) is 10.8. The third kappa shape index (κ3) is 4.44. The van der Waals surface area contributed by atoms with Crippen molar-refractivity contribution in [1.82, 2.24) is 0 Å². The van der Waals surface area contributed by atoms with Crippen molar-refractivity contribution in [3.8, 4) is 23.9 Å². The fourth-order valence-electron chi connectivity index (χ4n) is 1.71. The lowest BCUT2D eigenvalue weighted by molar-refractivity contribution is -0.916. The van der Waals surface area contributed by atoms with Crippen LogP contribution in [0.2, 0.25) is 0 Å². The Morgan fingerprint density at radius 3 is 1.61 bits per heavy atom. The first kappa shape index (κ1) is 15.9. The number of nitrogens with zero attached hydrogens (tertiary/aromatic N) is 5. The number of quaternary nitrogens is 1. The van der Waals surface area contributed by atoms with E-state index in [0.29, 0.717) is 0 Å². The van der Waals surface area contributed by atoms with Crippen LogP contribution in [-0.4, -0.2) is 44.6 Å². The Kier molecular flexibility index (Phi) is 6.47. The first-order valence-electron chi connectivity index (χ1n) is 5.64. The van der Waals surface area contributed by atoms with Crippen molar-refractivity contribution in [1.29, 1.82) is 21.0 Å². The van der Waals surface area contributed by atoms with E-state index in [1.165, 1.54) is 49.8 Å². The van der Waals surface area contributed by atoms with Gasteiger partial charge in [-0.25, -0.2) is 21.0 Å². The molecule has 6 nitrogen and oxygen atoms in total. The SMILES string of the molecule is COC[N+]1(C)CCCC1.N#C[B-](C#N)(C#N)C#N. The molecule has 0 aromatic rings. The van der Waals surface area contributed by atoms with Gasteiger partial charge >= 0.3 is 6.15 Å². The molecule has 1 rings (SSSR count). The minimum atomic E-state index is -2.72. The fraction of sp³-hybridized carbons (Fsp3) is 0.636. The highest BCUT2D eigenvalue weighted by molar-refractivity contribution is 7.05. The molecular formula is C11H16BN5O. The summed E-state index contributed by atoms with van der Waals surface area (Å²) in [5.41, 5.74) is 0. The molecular weight excluding hydrogens is 229 g/mol. The molecule has 1 heterocycles. The summed E-state index contributed by atoms with van der Waals surface area (Å²) in [5.74, 6) is 5.38. The zero-order valence-corrected chi connectivity index (χ0v) is 10.8. The van der Waals surface area contributed by atoms with Crippen molar-refractivity contribution in [3.63, 3.8) is 0 Å². The van der Waals surface area contributed by atoms with Crippen LogP contribution >= 0.6 is 0 Å². The Labute approximate surface area is 108 Å². The van der Waals surface area contributed by atoms with E-state index >= 15 is 0 Å². The second kappa shape index (κ2) is 7.31. The van der Waals surface area contributed by atoms with E-state index in [0.717, 1.165) is 11.2 Å². The van der Waals surface area contributed by atoms with E-state index in [-0.39, 0.29) is 0 Å². The number of hydrogen-bond acceptors (Lipinski definition) is 5. The molecule has 0 spiro atoms. The molecule has 0 aromatic heterocycles. The Morgan fingerprint density at radius 2 is 1.39 bits per heavy atom. The second-order valence-corrected chi connectivity index (χ2v) is 4.57. The van der Waals surface area contributed by atoms with Gasteiger partial charge in [-0.05, 0) is 0 Å². The summed E-state index contributed by atoms with van der Waals surface area (Å²) in [5, 5.41) is 32.3. The molecule has 0 aliphatic carbocycles. The number of ether oxygens (including phenoxy) is 1. The molecule has 94 valence electrons. The summed E-state index contributed by atoms with van der Waals surface area (Å²) in [6, 6.07) is 0. The molecule has 1 aliphatic heterocycles. The Morgan fingerprint density at radius 1 is 1.00 bits per heavy atom. The third-order valence-corrected chi connectivity index (χ3v) is 2.86. The average Bonchev–Trinajstić information content (AvgIpc) is 2.81. The highest BCUT2D eigenvalue weighted by Crippen LogP contribution is 2.14. The summed E-state index contributed by atoms with van der Waals surface area (Å²) in [6.45, 7) is 3.49. The molecule has 1 saturated heterocycles. The standard InChI is InChI=1S/C7H16NO.C4BN4/c1-8(7-9-2)5-3-4-6-8;6-1-5(2-7,3-8)4-9/h3-7H2,1-2H3;/q+1;-1. The van der Waals surface area contributed by atoms with Gasteiger partial charge in [0.25, 0.3) is 0 Å². The zero-order chi connectivity index (χ0) is 14.1. The van der Waals surface area contributed by atoms with Crippen LogP contribution in [-0.2, 0) is 4.74 Å². The molecule has 18 heavy (non-hydrogen) atoms. The monoisotopic (exact) mass is 245 g/mol. The predicted molar refractivity (Wildman–Crippen MR) is 65.2 cm³/mol. The van der Waals surface area contributed by atoms with Gasteiger partial charge in [0.2, 0.25) is 0 Å². The number of likely N-dealkylation sites (tertiary alicyclic amines) is 1. The van der Waals surface area contributed by atoms with Crippen LogP contribution in [0.15, 0.2) is 0 Å². The Bertz CT molecular complexity index is 369. The van der Waals surface area contributed by atoms with Crippen LogP contribution < -0.4 is 0 Å². The Hall–Kier alpha value is -2.06. The summed E-state index contributed by atoms with van der Waals surface area (Å²) >= 11 is 0. The van der Waals surface area contributed by atoms with Gasteiger partial charge < -0.3 is 9.22 Å². The molecule has 0 amide bonds. The number of nitriles is 4. The van der Waals surface area contributed by atoms with E-state index in [1.807, 2.05) is 0 Å². The summed E-state index contributed by atoms with van der Waals surface area (Å²) < 4.78 is 6.22. The maximum absolute atomic E-state index is 8.09. The maximum Gasteiger partial charge on any atom is 0.383 e. The third-order valence-electron chi connectivity index (χ3n) is 2.86. The van der Waals surface area contributed by atoms with Gasteiger partial charge in [0.05, 0.1) is 20.1 Å². The molecule has 0 bridgehead atoms. The van der Waals surface area contributed by atoms with Crippen molar-refractivity contribution >= 4 is 6.15 Å². The van der Waals surface area contributed by atoms with Crippen LogP contribution in [0.3, 0.4) is 0 Å². The second-order valence-electron chi connectivity index (χ2n) is 4.57. The quantitative estimate of drug-likeness (QED) is 0.520. The normalized spacial score (nSPS) is 16.1. The number of rotatable bonds is 2. The van der Waals surface area contributed by atoms with Gasteiger partial charge in [0, 0.05) is 20.0 Å². The predicted octanol–water partition coefficient (Wildman–Crippen LogP) is 0.517. The van der Waals surface area contributed by atoms with E-state index in [2.05, 4.69) is 7.05 Å².